The monoisotopic (exact) mass is 435 g/mol. The van der Waals surface area contributed by atoms with Crippen LogP contribution in [0, 0.1) is 0 Å². The molecule has 0 bridgehead atoms. The second-order valence-corrected chi connectivity index (χ2v) is 8.86. The zero-order valence-corrected chi connectivity index (χ0v) is 18.5. The summed E-state index contributed by atoms with van der Waals surface area (Å²) in [6.07, 6.45) is 7.21. The van der Waals surface area contributed by atoms with Crippen molar-refractivity contribution < 1.29 is 5.11 Å². The molecule has 160 valence electrons. The van der Waals surface area contributed by atoms with Gasteiger partial charge >= 0.3 is 0 Å². The molecule has 0 saturated carbocycles. The van der Waals surface area contributed by atoms with Gasteiger partial charge in [0.25, 0.3) is 0 Å². The lowest BCUT2D eigenvalue weighted by Gasteiger charge is -2.36. The minimum absolute atomic E-state index is 0.0124. The van der Waals surface area contributed by atoms with Gasteiger partial charge in [-0.2, -0.15) is 0 Å². The fraction of sp³-hybridized carbons (Fsp3) is 0.333. The van der Waals surface area contributed by atoms with Crippen molar-refractivity contribution in [2.24, 2.45) is 7.05 Å². The highest BCUT2D eigenvalue weighted by molar-refractivity contribution is 6.30. The van der Waals surface area contributed by atoms with Crippen molar-refractivity contribution in [2.75, 3.05) is 26.2 Å². The van der Waals surface area contributed by atoms with E-state index in [4.69, 9.17) is 16.6 Å². The van der Waals surface area contributed by atoms with E-state index in [9.17, 15) is 5.11 Å². The largest absolute Gasteiger partial charge is 0.379 e. The molecule has 1 saturated heterocycles. The molecule has 0 spiro atoms. The number of halogens is 1. The van der Waals surface area contributed by atoms with Crippen molar-refractivity contribution in [3.8, 4) is 0 Å². The normalized spacial score (nSPS) is 20.9. The van der Waals surface area contributed by atoms with Gasteiger partial charge in [0.2, 0.25) is 0 Å². The molecule has 1 aromatic carbocycles. The summed E-state index contributed by atoms with van der Waals surface area (Å²) in [6, 6.07) is 10.3. The van der Waals surface area contributed by atoms with E-state index in [1.165, 1.54) is 5.56 Å². The number of rotatable bonds is 3. The van der Waals surface area contributed by atoms with E-state index in [-0.39, 0.29) is 6.04 Å². The van der Waals surface area contributed by atoms with Crippen molar-refractivity contribution >= 4 is 23.3 Å². The molecule has 1 fully saturated rings. The predicted octanol–water partition coefficient (Wildman–Crippen LogP) is 3.22. The first-order chi connectivity index (χ1) is 15.0. The number of imidazole rings is 1. The van der Waals surface area contributed by atoms with Crippen molar-refractivity contribution in [1.29, 1.82) is 0 Å². The Hall–Kier alpha value is -2.51. The van der Waals surface area contributed by atoms with E-state index in [0.29, 0.717) is 10.7 Å². The number of fused-ring (bicyclic) bond motifs is 2. The maximum absolute atomic E-state index is 11.8. The van der Waals surface area contributed by atoms with Crippen LogP contribution in [0.2, 0.25) is 5.02 Å². The summed E-state index contributed by atoms with van der Waals surface area (Å²) in [5, 5.41) is 15.8. The molecule has 2 atom stereocenters. The number of aliphatic hydroxyl groups is 1. The Balaban J connectivity index is 1.77. The SMILES string of the molecule is Cn1cncc1C(C)(O)C1=Cc2ccccc2[C@H](N2CCNCC2)c2ncc(Cl)cc21. The smallest absolute Gasteiger partial charge is 0.129 e. The minimum atomic E-state index is -1.28. The molecule has 1 unspecified atom stereocenters. The van der Waals surface area contributed by atoms with Crippen LogP contribution in [0.4, 0.5) is 0 Å². The number of benzene rings is 1. The van der Waals surface area contributed by atoms with Gasteiger partial charge in [0, 0.05) is 45.0 Å². The van der Waals surface area contributed by atoms with Crippen molar-refractivity contribution in [1.82, 2.24) is 24.8 Å². The van der Waals surface area contributed by atoms with E-state index >= 15 is 0 Å². The van der Waals surface area contributed by atoms with E-state index in [2.05, 4.69) is 39.5 Å². The van der Waals surface area contributed by atoms with Crippen LogP contribution >= 0.6 is 11.6 Å². The molecule has 2 N–H and O–H groups in total. The Morgan fingerprint density at radius 1 is 1.19 bits per heavy atom. The molecule has 3 aromatic rings. The number of hydrogen-bond donors (Lipinski definition) is 2. The first-order valence-corrected chi connectivity index (χ1v) is 11.0. The lowest BCUT2D eigenvalue weighted by Crippen LogP contribution is -2.45. The molecule has 6 nitrogen and oxygen atoms in total. The average Bonchev–Trinajstić information content (AvgIpc) is 3.15. The maximum Gasteiger partial charge on any atom is 0.129 e. The molecular formula is C24H26ClN5O. The van der Waals surface area contributed by atoms with E-state index in [1.807, 2.05) is 30.7 Å². The number of hydrogen-bond acceptors (Lipinski definition) is 5. The molecule has 7 heteroatoms. The molecule has 1 aliphatic heterocycles. The first kappa shape index (κ1) is 20.4. The Kier molecular flexibility index (Phi) is 5.18. The number of aryl methyl sites for hydroxylation is 1. The highest BCUT2D eigenvalue weighted by Crippen LogP contribution is 2.45. The number of nitrogens with zero attached hydrogens (tertiary/aromatic N) is 4. The standard InChI is InChI=1S/C24H26ClN5O/c1-24(31,21-14-27-15-29(21)2)20-11-16-5-3-4-6-18(16)23(30-9-7-26-8-10-30)22-19(20)12-17(25)13-28-22/h3-6,11-15,23,26,31H,7-10H2,1-2H3/t23-,24?/m0/s1. The number of pyridine rings is 1. The topological polar surface area (TPSA) is 66.2 Å². The molecule has 5 rings (SSSR count). The van der Waals surface area contributed by atoms with E-state index in [0.717, 1.165) is 48.6 Å². The van der Waals surface area contributed by atoms with Gasteiger partial charge < -0.3 is 15.0 Å². The summed E-state index contributed by atoms with van der Waals surface area (Å²) in [5.41, 5.74) is 4.27. The third-order valence-electron chi connectivity index (χ3n) is 6.38. The zero-order valence-electron chi connectivity index (χ0n) is 17.7. The zero-order chi connectivity index (χ0) is 21.6. The Bertz CT molecular complexity index is 1150. The van der Waals surface area contributed by atoms with Crippen LogP contribution in [0.3, 0.4) is 0 Å². The van der Waals surface area contributed by atoms with Gasteiger partial charge in [0.05, 0.1) is 35.0 Å². The Labute approximate surface area is 187 Å². The van der Waals surface area contributed by atoms with Crippen LogP contribution in [0.25, 0.3) is 11.6 Å². The summed E-state index contributed by atoms with van der Waals surface area (Å²) in [7, 11) is 1.89. The number of aromatic nitrogens is 3. The molecule has 2 aromatic heterocycles. The third-order valence-corrected chi connectivity index (χ3v) is 6.59. The van der Waals surface area contributed by atoms with Crippen LogP contribution in [-0.4, -0.2) is 50.7 Å². The van der Waals surface area contributed by atoms with Crippen LogP contribution < -0.4 is 5.32 Å². The van der Waals surface area contributed by atoms with Gasteiger partial charge in [-0.3, -0.25) is 9.88 Å². The Morgan fingerprint density at radius 2 is 1.97 bits per heavy atom. The van der Waals surface area contributed by atoms with Crippen molar-refractivity contribution in [3.63, 3.8) is 0 Å². The van der Waals surface area contributed by atoms with E-state index < -0.39 is 5.60 Å². The van der Waals surface area contributed by atoms with Crippen LogP contribution in [0.5, 0.6) is 0 Å². The van der Waals surface area contributed by atoms with Gasteiger partial charge in [-0.15, -0.1) is 0 Å². The molecule has 31 heavy (non-hydrogen) atoms. The summed E-state index contributed by atoms with van der Waals surface area (Å²) in [6.45, 7) is 5.55. The second kappa shape index (κ2) is 7.88. The van der Waals surface area contributed by atoms with Gasteiger partial charge in [0.15, 0.2) is 0 Å². The van der Waals surface area contributed by atoms with Gasteiger partial charge in [0.1, 0.15) is 5.60 Å². The van der Waals surface area contributed by atoms with Gasteiger partial charge in [-0.1, -0.05) is 35.9 Å². The molecule has 3 heterocycles. The highest BCUT2D eigenvalue weighted by atomic mass is 35.5. The number of nitrogens with one attached hydrogen (secondary N) is 1. The molecule has 2 aliphatic rings. The van der Waals surface area contributed by atoms with Gasteiger partial charge in [-0.05, 0) is 35.8 Å². The lowest BCUT2D eigenvalue weighted by atomic mass is 9.85. The van der Waals surface area contributed by atoms with Crippen LogP contribution in [-0.2, 0) is 12.6 Å². The fourth-order valence-corrected chi connectivity index (χ4v) is 4.99. The predicted molar refractivity (Wildman–Crippen MR) is 123 cm³/mol. The molecule has 0 amide bonds. The summed E-state index contributed by atoms with van der Waals surface area (Å²) < 4.78 is 1.85. The minimum Gasteiger partial charge on any atom is -0.379 e. The summed E-state index contributed by atoms with van der Waals surface area (Å²) in [4.78, 5) is 11.5. The third kappa shape index (κ3) is 3.49. The second-order valence-electron chi connectivity index (χ2n) is 8.42. The fourth-order valence-electron chi connectivity index (χ4n) is 4.83. The van der Waals surface area contributed by atoms with Crippen LogP contribution in [0.15, 0.2) is 49.1 Å². The quantitative estimate of drug-likeness (QED) is 0.661. The molecule has 0 radical (unpaired) electrons. The maximum atomic E-state index is 11.8. The number of piperazine rings is 1. The van der Waals surface area contributed by atoms with Gasteiger partial charge in [-0.25, -0.2) is 4.98 Å². The van der Waals surface area contributed by atoms with Crippen molar-refractivity contribution in [2.45, 2.75) is 18.6 Å². The first-order valence-electron chi connectivity index (χ1n) is 10.6. The highest BCUT2D eigenvalue weighted by Gasteiger charge is 2.38. The van der Waals surface area contributed by atoms with Crippen molar-refractivity contribution in [3.05, 3.63) is 82.2 Å². The average molecular weight is 436 g/mol. The summed E-state index contributed by atoms with van der Waals surface area (Å²) >= 11 is 6.43. The van der Waals surface area contributed by atoms with Crippen LogP contribution in [0.1, 0.15) is 41.0 Å². The molecule has 1 aliphatic carbocycles. The lowest BCUT2D eigenvalue weighted by molar-refractivity contribution is 0.114. The Morgan fingerprint density at radius 3 is 2.71 bits per heavy atom. The summed E-state index contributed by atoms with van der Waals surface area (Å²) in [5.74, 6) is 0. The molecular weight excluding hydrogens is 410 g/mol. The van der Waals surface area contributed by atoms with E-state index in [1.54, 1.807) is 18.7 Å².